The number of ether oxygens (including phenoxy) is 2. The fraction of sp³-hybridized carbons (Fsp3) is 0.923. The topological polar surface area (TPSA) is 108 Å². The maximum Gasteiger partial charge on any atom is 0.472 e. The summed E-state index contributed by atoms with van der Waals surface area (Å²) in [4.78, 5) is 34.9. The lowest BCUT2D eigenvalue weighted by Crippen LogP contribution is -2.29. The highest BCUT2D eigenvalue weighted by molar-refractivity contribution is 7.47. The summed E-state index contributed by atoms with van der Waals surface area (Å²) in [5.41, 5.74) is 0. The Labute approximate surface area is 378 Å². The van der Waals surface area contributed by atoms with E-state index in [1.165, 1.54) is 205 Å². The van der Waals surface area contributed by atoms with Crippen LogP contribution in [0.3, 0.4) is 0 Å². The lowest BCUT2D eigenvalue weighted by molar-refractivity contribution is -0.161. The summed E-state index contributed by atoms with van der Waals surface area (Å²) in [5, 5.41) is 0. The molecule has 8 nitrogen and oxygen atoms in total. The summed E-state index contributed by atoms with van der Waals surface area (Å²) in [6.45, 7) is 5.54. The van der Waals surface area contributed by atoms with E-state index < -0.39 is 19.9 Å². The molecule has 0 fully saturated rings. The molecule has 0 aliphatic carbocycles. The molecule has 0 bridgehead atoms. The van der Waals surface area contributed by atoms with Crippen LogP contribution in [0.25, 0.3) is 0 Å². The van der Waals surface area contributed by atoms with E-state index in [-0.39, 0.29) is 32.2 Å². The normalized spacial score (nSPS) is 13.2. The number of phosphoric acid groups is 1. The van der Waals surface area contributed by atoms with Crippen LogP contribution >= 0.6 is 7.82 Å². The van der Waals surface area contributed by atoms with Crippen LogP contribution in [-0.4, -0.2) is 42.8 Å². The maximum atomic E-state index is 12.6. The van der Waals surface area contributed by atoms with Crippen LogP contribution in [0.15, 0.2) is 12.2 Å². The van der Waals surface area contributed by atoms with Gasteiger partial charge in [0.15, 0.2) is 6.10 Å². The van der Waals surface area contributed by atoms with Gasteiger partial charge in [-0.1, -0.05) is 238 Å². The van der Waals surface area contributed by atoms with Gasteiger partial charge in [-0.05, 0) is 45.4 Å². The highest BCUT2D eigenvalue weighted by Gasteiger charge is 2.25. The monoisotopic (exact) mass is 885 g/mol. The molecule has 2 unspecified atom stereocenters. The van der Waals surface area contributed by atoms with Crippen LogP contribution < -0.4 is 0 Å². The molecule has 2 atom stereocenters. The van der Waals surface area contributed by atoms with Crippen molar-refractivity contribution in [1.82, 2.24) is 0 Å². The number of esters is 2. The molecule has 0 amide bonds. The highest BCUT2D eigenvalue weighted by Crippen LogP contribution is 2.43. The number of unbranched alkanes of at least 4 members (excludes halogenated alkanes) is 36. The Morgan fingerprint density at radius 3 is 1.08 bits per heavy atom. The van der Waals surface area contributed by atoms with E-state index in [1.54, 1.807) is 6.92 Å². The Morgan fingerprint density at radius 1 is 0.426 bits per heavy atom. The predicted octanol–water partition coefficient (Wildman–Crippen LogP) is 17.2. The van der Waals surface area contributed by atoms with Crippen molar-refractivity contribution in [2.24, 2.45) is 0 Å². The summed E-state index contributed by atoms with van der Waals surface area (Å²) in [6, 6.07) is 0. The minimum Gasteiger partial charge on any atom is -0.462 e. The van der Waals surface area contributed by atoms with Crippen molar-refractivity contribution < 1.29 is 37.6 Å². The zero-order valence-electron chi connectivity index (χ0n) is 40.6. The molecule has 61 heavy (non-hydrogen) atoms. The fourth-order valence-corrected chi connectivity index (χ4v) is 8.68. The van der Waals surface area contributed by atoms with Gasteiger partial charge in [-0.15, -0.1) is 0 Å². The summed E-state index contributed by atoms with van der Waals surface area (Å²) in [5.74, 6) is -0.784. The van der Waals surface area contributed by atoms with E-state index in [9.17, 15) is 19.0 Å². The van der Waals surface area contributed by atoms with Crippen LogP contribution in [-0.2, 0) is 32.7 Å². The van der Waals surface area contributed by atoms with E-state index >= 15 is 0 Å². The van der Waals surface area contributed by atoms with Gasteiger partial charge >= 0.3 is 19.8 Å². The third-order valence-electron chi connectivity index (χ3n) is 11.8. The predicted molar refractivity (Wildman–Crippen MR) is 258 cm³/mol. The van der Waals surface area contributed by atoms with Gasteiger partial charge in [0.2, 0.25) is 0 Å². The van der Waals surface area contributed by atoms with Crippen LogP contribution in [0, 0.1) is 0 Å². The molecule has 0 saturated carbocycles. The largest absolute Gasteiger partial charge is 0.472 e. The summed E-state index contributed by atoms with van der Waals surface area (Å²) < 4.78 is 32.8. The van der Waals surface area contributed by atoms with Gasteiger partial charge in [0.25, 0.3) is 0 Å². The van der Waals surface area contributed by atoms with Crippen LogP contribution in [0.5, 0.6) is 0 Å². The molecule has 0 spiro atoms. The molecule has 0 aliphatic heterocycles. The second-order valence-corrected chi connectivity index (χ2v) is 19.4. The molecular formula is C52H101O8P. The minimum atomic E-state index is -4.28. The van der Waals surface area contributed by atoms with E-state index in [0.29, 0.717) is 12.8 Å². The van der Waals surface area contributed by atoms with Crippen molar-refractivity contribution in [1.29, 1.82) is 0 Å². The molecule has 0 rings (SSSR count). The van der Waals surface area contributed by atoms with Gasteiger partial charge in [0, 0.05) is 12.8 Å². The number of hydrogen-bond donors (Lipinski definition) is 1. The molecule has 362 valence electrons. The van der Waals surface area contributed by atoms with Crippen molar-refractivity contribution in [3.8, 4) is 0 Å². The van der Waals surface area contributed by atoms with Crippen molar-refractivity contribution in [2.75, 3.05) is 19.8 Å². The van der Waals surface area contributed by atoms with Crippen molar-refractivity contribution in [2.45, 2.75) is 290 Å². The first-order valence-corrected chi connectivity index (χ1v) is 28.0. The first kappa shape index (κ1) is 59.8. The minimum absolute atomic E-state index is 0.00316. The molecular weight excluding hydrogens is 784 g/mol. The van der Waals surface area contributed by atoms with Crippen molar-refractivity contribution >= 4 is 19.8 Å². The first-order chi connectivity index (χ1) is 29.8. The van der Waals surface area contributed by atoms with Crippen LogP contribution in [0.2, 0.25) is 0 Å². The molecule has 0 heterocycles. The summed E-state index contributed by atoms with van der Waals surface area (Å²) in [6.07, 6.45) is 54.2. The lowest BCUT2D eigenvalue weighted by atomic mass is 10.0. The Bertz CT molecular complexity index is 1000. The first-order valence-electron chi connectivity index (χ1n) is 26.5. The van der Waals surface area contributed by atoms with E-state index in [4.69, 9.17) is 18.5 Å². The van der Waals surface area contributed by atoms with Gasteiger partial charge in [0.1, 0.15) is 6.61 Å². The van der Waals surface area contributed by atoms with Crippen molar-refractivity contribution in [3.63, 3.8) is 0 Å². The average molecular weight is 885 g/mol. The maximum absolute atomic E-state index is 12.6. The molecule has 0 aromatic carbocycles. The number of hydrogen-bond acceptors (Lipinski definition) is 7. The van der Waals surface area contributed by atoms with Gasteiger partial charge in [-0.3, -0.25) is 18.6 Å². The summed E-state index contributed by atoms with van der Waals surface area (Å²) >= 11 is 0. The van der Waals surface area contributed by atoms with Crippen LogP contribution in [0.4, 0.5) is 0 Å². The number of carbonyl (C=O) groups is 2. The van der Waals surface area contributed by atoms with E-state index in [1.807, 2.05) is 0 Å². The molecule has 0 saturated heterocycles. The average Bonchev–Trinajstić information content (AvgIpc) is 3.24. The SMILES string of the molecule is CCCCCCCCC/C=C\CCCCCCCCCC(=O)OC(COC(=O)CCCCCCCCCCCCCCCCCCCCCCCCC)COP(=O)(O)OCC. The van der Waals surface area contributed by atoms with Crippen molar-refractivity contribution in [3.05, 3.63) is 12.2 Å². The van der Waals surface area contributed by atoms with Gasteiger partial charge in [0.05, 0.1) is 13.2 Å². The van der Waals surface area contributed by atoms with E-state index in [0.717, 1.165) is 38.5 Å². The number of carbonyl (C=O) groups excluding carboxylic acids is 2. The molecule has 0 aromatic rings. The van der Waals surface area contributed by atoms with Gasteiger partial charge in [-0.2, -0.15) is 0 Å². The third-order valence-corrected chi connectivity index (χ3v) is 12.9. The Balaban J connectivity index is 3.91. The zero-order valence-corrected chi connectivity index (χ0v) is 41.5. The molecule has 0 radical (unpaired) electrons. The summed E-state index contributed by atoms with van der Waals surface area (Å²) in [7, 11) is -4.28. The number of phosphoric ester groups is 1. The smallest absolute Gasteiger partial charge is 0.462 e. The standard InChI is InChI=1S/C52H101O8P/c1-4-7-9-11-13-15-17-19-21-23-25-26-27-28-29-31-32-34-36-38-40-42-44-46-51(53)57-48-50(49-59-61(55,56)58-6-3)60-52(54)47-45-43-41-39-37-35-33-30-24-22-20-18-16-14-12-10-8-5-2/h22,24,50H,4-21,23,25-49H2,1-3H3,(H,55,56)/b24-22-. The second-order valence-electron chi connectivity index (χ2n) is 17.9. The van der Waals surface area contributed by atoms with Gasteiger partial charge < -0.3 is 14.4 Å². The van der Waals surface area contributed by atoms with E-state index in [2.05, 4.69) is 26.0 Å². The third kappa shape index (κ3) is 48.1. The molecule has 9 heteroatoms. The quantitative estimate of drug-likeness (QED) is 0.0278. The molecule has 0 aromatic heterocycles. The fourth-order valence-electron chi connectivity index (χ4n) is 7.92. The Kier molecular flexibility index (Phi) is 47.3. The van der Waals surface area contributed by atoms with Crippen LogP contribution in [0.1, 0.15) is 284 Å². The Morgan fingerprint density at radius 2 is 0.738 bits per heavy atom. The number of rotatable bonds is 50. The zero-order chi connectivity index (χ0) is 44.6. The highest BCUT2D eigenvalue weighted by atomic mass is 31.2. The second kappa shape index (κ2) is 48.3. The van der Waals surface area contributed by atoms with Gasteiger partial charge in [-0.25, -0.2) is 4.57 Å². The molecule has 0 aliphatic rings. The lowest BCUT2D eigenvalue weighted by Gasteiger charge is -2.19. The molecule has 1 N–H and O–H groups in total. The Hall–Kier alpha value is -1.21. The number of allylic oxidation sites excluding steroid dienone is 2.